The minimum atomic E-state index is -0.703. The molecule has 0 aliphatic carbocycles. The molecule has 1 aromatic heterocycles. The number of rotatable bonds is 5. The molecule has 1 unspecified atom stereocenters. The van der Waals surface area contributed by atoms with Crippen LogP contribution in [0.3, 0.4) is 0 Å². The predicted octanol–water partition coefficient (Wildman–Crippen LogP) is 1.78. The number of aryl methyl sites for hydroxylation is 1. The average molecular weight is 280 g/mol. The molecule has 0 saturated carbocycles. The molecule has 2 aromatic rings. The van der Waals surface area contributed by atoms with Gasteiger partial charge in [-0.25, -0.2) is 0 Å². The van der Waals surface area contributed by atoms with Crippen LogP contribution in [0.2, 0.25) is 0 Å². The van der Waals surface area contributed by atoms with Gasteiger partial charge in [-0.15, -0.1) is 0 Å². The molecule has 0 bridgehead atoms. The Labute approximate surface area is 123 Å². The second-order valence-electron chi connectivity index (χ2n) is 4.74. The summed E-state index contributed by atoms with van der Waals surface area (Å²) in [6, 6.07) is 11.5. The van der Waals surface area contributed by atoms with Gasteiger partial charge in [0, 0.05) is 6.20 Å². The van der Waals surface area contributed by atoms with Crippen molar-refractivity contribution in [1.29, 1.82) is 5.26 Å². The van der Waals surface area contributed by atoms with Gasteiger partial charge in [0.1, 0.15) is 5.92 Å². The highest BCUT2D eigenvalue weighted by Crippen LogP contribution is 2.08. The van der Waals surface area contributed by atoms with Crippen LogP contribution in [0, 0.1) is 24.2 Å². The van der Waals surface area contributed by atoms with Crippen molar-refractivity contribution in [1.82, 2.24) is 15.3 Å². The van der Waals surface area contributed by atoms with Crippen LogP contribution in [-0.4, -0.2) is 15.9 Å². The first-order chi connectivity index (χ1) is 10.2. The molecule has 1 amide bonds. The Kier molecular flexibility index (Phi) is 4.99. The van der Waals surface area contributed by atoms with Gasteiger partial charge in [0.25, 0.3) is 0 Å². The fourth-order valence-electron chi connectivity index (χ4n) is 1.86. The van der Waals surface area contributed by atoms with E-state index in [9.17, 15) is 4.79 Å². The number of aromatic nitrogens is 2. The molecule has 0 spiro atoms. The summed E-state index contributed by atoms with van der Waals surface area (Å²) in [4.78, 5) is 20.3. The maximum absolute atomic E-state index is 12.0. The van der Waals surface area contributed by atoms with E-state index in [1.165, 1.54) is 0 Å². The van der Waals surface area contributed by atoms with Crippen LogP contribution in [0.4, 0.5) is 0 Å². The van der Waals surface area contributed by atoms with E-state index in [1.807, 2.05) is 43.3 Å². The Balaban J connectivity index is 1.91. The number of nitriles is 1. The van der Waals surface area contributed by atoms with E-state index in [0.29, 0.717) is 12.1 Å². The molecule has 0 aliphatic rings. The SMILES string of the molecule is Cc1cnc(CNC(=O)C(C#N)Cc2ccccc2)cn1. The lowest BCUT2D eigenvalue weighted by Crippen LogP contribution is -2.31. The molecule has 1 aromatic carbocycles. The van der Waals surface area contributed by atoms with Gasteiger partial charge in [-0.1, -0.05) is 30.3 Å². The van der Waals surface area contributed by atoms with Gasteiger partial charge in [0.2, 0.25) is 5.91 Å². The monoisotopic (exact) mass is 280 g/mol. The van der Waals surface area contributed by atoms with Crippen molar-refractivity contribution in [2.75, 3.05) is 0 Å². The number of amides is 1. The quantitative estimate of drug-likeness (QED) is 0.905. The molecule has 1 atom stereocenters. The molecule has 0 fully saturated rings. The highest BCUT2D eigenvalue weighted by Gasteiger charge is 2.18. The van der Waals surface area contributed by atoms with Crippen molar-refractivity contribution in [3.05, 3.63) is 59.7 Å². The molecule has 5 nitrogen and oxygen atoms in total. The molecular weight excluding hydrogens is 264 g/mol. The second-order valence-corrected chi connectivity index (χ2v) is 4.74. The van der Waals surface area contributed by atoms with E-state index < -0.39 is 5.92 Å². The van der Waals surface area contributed by atoms with Gasteiger partial charge in [-0.05, 0) is 18.9 Å². The van der Waals surface area contributed by atoms with Crippen LogP contribution in [-0.2, 0) is 17.8 Å². The van der Waals surface area contributed by atoms with E-state index in [2.05, 4.69) is 15.3 Å². The summed E-state index contributed by atoms with van der Waals surface area (Å²) >= 11 is 0. The molecule has 0 saturated heterocycles. The van der Waals surface area contributed by atoms with Crippen molar-refractivity contribution in [2.24, 2.45) is 5.92 Å². The highest BCUT2D eigenvalue weighted by molar-refractivity contribution is 5.81. The molecule has 5 heteroatoms. The van der Waals surface area contributed by atoms with E-state index in [-0.39, 0.29) is 12.5 Å². The third kappa shape index (κ3) is 4.39. The molecule has 0 aliphatic heterocycles. The summed E-state index contributed by atoms with van der Waals surface area (Å²) in [5.41, 5.74) is 2.46. The van der Waals surface area contributed by atoms with E-state index in [0.717, 1.165) is 11.3 Å². The standard InChI is InChI=1S/C16H16N4O/c1-12-9-19-15(10-18-12)11-20-16(21)14(8-17)7-13-5-3-2-4-6-13/h2-6,9-10,14H,7,11H2,1H3,(H,20,21). The van der Waals surface area contributed by atoms with Gasteiger partial charge in [0.05, 0.1) is 30.2 Å². The van der Waals surface area contributed by atoms with Crippen LogP contribution in [0.5, 0.6) is 0 Å². The van der Waals surface area contributed by atoms with Gasteiger partial charge >= 0.3 is 0 Å². The highest BCUT2D eigenvalue weighted by atomic mass is 16.1. The van der Waals surface area contributed by atoms with Gasteiger partial charge < -0.3 is 5.32 Å². The Morgan fingerprint density at radius 1 is 1.29 bits per heavy atom. The van der Waals surface area contributed by atoms with Crippen molar-refractivity contribution in [2.45, 2.75) is 19.9 Å². The zero-order valence-corrected chi connectivity index (χ0v) is 11.8. The van der Waals surface area contributed by atoms with Crippen LogP contribution in [0.15, 0.2) is 42.7 Å². The maximum Gasteiger partial charge on any atom is 0.238 e. The van der Waals surface area contributed by atoms with Crippen molar-refractivity contribution < 1.29 is 4.79 Å². The maximum atomic E-state index is 12.0. The minimum absolute atomic E-state index is 0.277. The van der Waals surface area contributed by atoms with E-state index >= 15 is 0 Å². The van der Waals surface area contributed by atoms with Crippen LogP contribution in [0.1, 0.15) is 17.0 Å². The fraction of sp³-hybridized carbons (Fsp3) is 0.250. The smallest absolute Gasteiger partial charge is 0.238 e. The van der Waals surface area contributed by atoms with Crippen molar-refractivity contribution >= 4 is 5.91 Å². The van der Waals surface area contributed by atoms with Gasteiger partial charge in [0.15, 0.2) is 0 Å². The minimum Gasteiger partial charge on any atom is -0.349 e. The predicted molar refractivity (Wildman–Crippen MR) is 77.9 cm³/mol. The van der Waals surface area contributed by atoms with E-state index in [4.69, 9.17) is 5.26 Å². The number of benzene rings is 1. The molecule has 1 heterocycles. The normalized spacial score (nSPS) is 11.4. The summed E-state index contributed by atoms with van der Waals surface area (Å²) < 4.78 is 0. The molecule has 1 N–H and O–H groups in total. The van der Waals surface area contributed by atoms with Gasteiger partial charge in [-0.2, -0.15) is 5.26 Å². The van der Waals surface area contributed by atoms with Crippen molar-refractivity contribution in [3.8, 4) is 6.07 Å². The van der Waals surface area contributed by atoms with Crippen LogP contribution < -0.4 is 5.32 Å². The Morgan fingerprint density at radius 3 is 2.67 bits per heavy atom. The topological polar surface area (TPSA) is 78.7 Å². The fourth-order valence-corrected chi connectivity index (χ4v) is 1.86. The molecule has 0 radical (unpaired) electrons. The first-order valence-electron chi connectivity index (χ1n) is 6.68. The lowest BCUT2D eigenvalue weighted by atomic mass is 10.00. The van der Waals surface area contributed by atoms with Crippen LogP contribution >= 0.6 is 0 Å². The number of hydrogen-bond acceptors (Lipinski definition) is 4. The second kappa shape index (κ2) is 7.15. The zero-order chi connectivity index (χ0) is 15.1. The number of carbonyl (C=O) groups excluding carboxylic acids is 1. The molecule has 21 heavy (non-hydrogen) atoms. The van der Waals surface area contributed by atoms with Crippen molar-refractivity contribution in [3.63, 3.8) is 0 Å². The molecular formula is C16H16N4O. The average Bonchev–Trinajstić information content (AvgIpc) is 2.52. The molecule has 2 rings (SSSR count). The molecule has 106 valence electrons. The first kappa shape index (κ1) is 14.7. The van der Waals surface area contributed by atoms with E-state index in [1.54, 1.807) is 12.4 Å². The summed E-state index contributed by atoms with van der Waals surface area (Å²) in [5, 5.41) is 11.9. The summed E-state index contributed by atoms with van der Waals surface area (Å²) in [7, 11) is 0. The Bertz CT molecular complexity index is 632. The Morgan fingerprint density at radius 2 is 2.05 bits per heavy atom. The lowest BCUT2D eigenvalue weighted by Gasteiger charge is -2.10. The number of carbonyl (C=O) groups is 1. The first-order valence-corrected chi connectivity index (χ1v) is 6.68. The Hall–Kier alpha value is -2.74. The largest absolute Gasteiger partial charge is 0.349 e. The van der Waals surface area contributed by atoms with Crippen LogP contribution in [0.25, 0.3) is 0 Å². The number of nitrogens with one attached hydrogen (secondary N) is 1. The third-order valence-corrected chi connectivity index (χ3v) is 3.03. The number of hydrogen-bond donors (Lipinski definition) is 1. The summed E-state index contributed by atoms with van der Waals surface area (Å²) in [5.74, 6) is -0.991. The number of nitrogens with zero attached hydrogens (tertiary/aromatic N) is 3. The summed E-state index contributed by atoms with van der Waals surface area (Å²) in [6.07, 6.45) is 3.67. The summed E-state index contributed by atoms with van der Waals surface area (Å²) in [6.45, 7) is 2.13. The van der Waals surface area contributed by atoms with Gasteiger partial charge in [-0.3, -0.25) is 14.8 Å². The lowest BCUT2D eigenvalue weighted by molar-refractivity contribution is -0.123. The third-order valence-electron chi connectivity index (χ3n) is 3.03. The zero-order valence-electron chi connectivity index (χ0n) is 11.8.